The number of carboxylic acids is 1. The van der Waals surface area contributed by atoms with Gasteiger partial charge in [0.1, 0.15) is 0 Å². The minimum atomic E-state index is -1.16. The Morgan fingerprint density at radius 2 is 1.23 bits per heavy atom. The van der Waals surface area contributed by atoms with Gasteiger partial charge in [-0.2, -0.15) is 0 Å². The van der Waals surface area contributed by atoms with E-state index >= 15 is 0 Å². The monoisotopic (exact) mass is 420 g/mol. The molecule has 0 aliphatic heterocycles. The van der Waals surface area contributed by atoms with Gasteiger partial charge in [0.25, 0.3) is 5.78 Å². The van der Waals surface area contributed by atoms with E-state index in [-0.39, 0.29) is 0 Å². The van der Waals surface area contributed by atoms with Gasteiger partial charge in [-0.1, -0.05) is 78.9 Å². The first kappa shape index (κ1) is 21.3. The number of benzene rings is 3. The fourth-order valence-electron chi connectivity index (χ4n) is 2.89. The van der Waals surface area contributed by atoms with Crippen LogP contribution in [0.5, 0.6) is 0 Å². The lowest BCUT2D eigenvalue weighted by molar-refractivity contribution is -0.157. The number of carboxylic acid groups (broad SMARTS) is 1. The minimum absolute atomic E-state index is 0.477. The number of thioether (sulfide) groups is 1. The fraction of sp³-hybridized carbons (Fsp3) is 0.125. The number of rotatable bonds is 9. The minimum Gasteiger partial charge on any atom is -0.481 e. The average Bonchev–Trinajstić information content (AvgIpc) is 2.78. The summed E-state index contributed by atoms with van der Waals surface area (Å²) in [5, 5.41) is 8.13. The van der Waals surface area contributed by atoms with Crippen molar-refractivity contribution in [3.8, 4) is 0 Å². The van der Waals surface area contributed by atoms with Gasteiger partial charge in [0.05, 0.1) is 11.7 Å². The van der Waals surface area contributed by atoms with E-state index in [2.05, 4.69) is 0 Å². The number of Topliss-reactive ketones (excluding diaryl/α,β-unsaturated/α-hetero) is 1. The van der Waals surface area contributed by atoms with Crippen molar-refractivity contribution in [2.75, 3.05) is 0 Å². The van der Waals surface area contributed by atoms with E-state index in [1.165, 1.54) is 0 Å². The second-order valence-electron chi connectivity index (χ2n) is 6.49. The van der Waals surface area contributed by atoms with Gasteiger partial charge in [-0.15, -0.1) is 11.8 Å². The lowest BCUT2D eigenvalue weighted by Crippen LogP contribution is -2.31. The van der Waals surface area contributed by atoms with Crippen LogP contribution < -0.4 is 0 Å². The zero-order valence-corrected chi connectivity index (χ0v) is 16.8. The highest BCUT2D eigenvalue weighted by atomic mass is 32.2. The predicted octanol–water partition coefficient (Wildman–Crippen LogP) is 4.52. The standard InChI is InChI=1S/C24H20O5S/c25-21(26)16-20(30-19-14-8-3-9-15-19)22(27)24(28)29-23(17-10-4-1-5-11-17)18-12-6-2-7-13-18/h1-15,20,23H,16H2,(H,25,26). The Hall–Kier alpha value is -3.38. The summed E-state index contributed by atoms with van der Waals surface area (Å²) in [6.07, 6.45) is -1.24. The number of ketones is 1. The number of carbonyl (C=O) groups is 3. The Morgan fingerprint density at radius 3 is 1.70 bits per heavy atom. The molecule has 3 aromatic rings. The highest BCUT2D eigenvalue weighted by Crippen LogP contribution is 2.29. The third kappa shape index (κ3) is 5.81. The van der Waals surface area contributed by atoms with Crippen LogP contribution in [0, 0.1) is 0 Å². The van der Waals surface area contributed by atoms with Gasteiger partial charge in [0.15, 0.2) is 6.10 Å². The normalized spacial score (nSPS) is 11.6. The Labute approximate surface area is 178 Å². The van der Waals surface area contributed by atoms with Crippen molar-refractivity contribution in [2.24, 2.45) is 0 Å². The van der Waals surface area contributed by atoms with Crippen molar-refractivity contribution < 1.29 is 24.2 Å². The van der Waals surface area contributed by atoms with E-state index in [1.807, 2.05) is 66.7 Å². The topological polar surface area (TPSA) is 80.7 Å². The smallest absolute Gasteiger partial charge is 0.376 e. The second kappa shape index (κ2) is 10.4. The summed E-state index contributed by atoms with van der Waals surface area (Å²) in [6, 6.07) is 27.1. The summed E-state index contributed by atoms with van der Waals surface area (Å²) in [5.41, 5.74) is 1.44. The maximum Gasteiger partial charge on any atom is 0.376 e. The van der Waals surface area contributed by atoms with Crippen LogP contribution in [0.3, 0.4) is 0 Å². The molecular weight excluding hydrogens is 400 g/mol. The van der Waals surface area contributed by atoms with Gasteiger partial charge in [-0.3, -0.25) is 9.59 Å². The van der Waals surface area contributed by atoms with Crippen LogP contribution in [-0.2, 0) is 19.1 Å². The SMILES string of the molecule is O=C(O)CC(Sc1ccccc1)C(=O)C(=O)OC(c1ccccc1)c1ccccc1. The van der Waals surface area contributed by atoms with Gasteiger partial charge >= 0.3 is 11.9 Å². The van der Waals surface area contributed by atoms with Gasteiger partial charge < -0.3 is 9.84 Å². The van der Waals surface area contributed by atoms with Crippen molar-refractivity contribution in [1.29, 1.82) is 0 Å². The van der Waals surface area contributed by atoms with Gasteiger partial charge in [-0.25, -0.2) is 4.79 Å². The largest absolute Gasteiger partial charge is 0.481 e. The van der Waals surface area contributed by atoms with Crippen LogP contribution in [0.4, 0.5) is 0 Å². The van der Waals surface area contributed by atoms with Gasteiger partial charge in [-0.05, 0) is 23.3 Å². The van der Waals surface area contributed by atoms with Crippen LogP contribution >= 0.6 is 11.8 Å². The molecule has 0 aliphatic rings. The molecule has 1 atom stereocenters. The zero-order chi connectivity index (χ0) is 21.3. The zero-order valence-electron chi connectivity index (χ0n) is 16.0. The van der Waals surface area contributed by atoms with E-state index in [4.69, 9.17) is 4.74 Å². The molecule has 152 valence electrons. The summed E-state index contributed by atoms with van der Waals surface area (Å²) in [6.45, 7) is 0. The number of ether oxygens (including phenoxy) is 1. The molecule has 0 saturated carbocycles. The van der Waals surface area contributed by atoms with Gasteiger partial charge in [0.2, 0.25) is 0 Å². The maximum absolute atomic E-state index is 12.8. The molecule has 0 spiro atoms. The van der Waals surface area contributed by atoms with Crippen molar-refractivity contribution >= 4 is 29.5 Å². The summed E-state index contributed by atoms with van der Waals surface area (Å²) in [5.74, 6) is -3.09. The van der Waals surface area contributed by atoms with Crippen LogP contribution in [0.15, 0.2) is 95.9 Å². The molecule has 3 aromatic carbocycles. The van der Waals surface area contributed by atoms with Gasteiger partial charge in [0, 0.05) is 4.90 Å². The molecule has 0 amide bonds. The molecule has 5 nitrogen and oxygen atoms in total. The molecule has 0 aromatic heterocycles. The van der Waals surface area contributed by atoms with Crippen molar-refractivity contribution in [2.45, 2.75) is 22.7 Å². The van der Waals surface area contributed by atoms with E-state index < -0.39 is 35.5 Å². The summed E-state index contributed by atoms with van der Waals surface area (Å²) in [7, 11) is 0. The van der Waals surface area contributed by atoms with E-state index in [0.29, 0.717) is 4.90 Å². The molecule has 6 heteroatoms. The molecular formula is C24H20O5S. The Balaban J connectivity index is 1.82. The molecule has 0 fully saturated rings. The van der Waals surface area contributed by atoms with Crippen LogP contribution in [0.25, 0.3) is 0 Å². The van der Waals surface area contributed by atoms with Crippen molar-refractivity contribution in [3.63, 3.8) is 0 Å². The highest BCUT2D eigenvalue weighted by molar-refractivity contribution is 8.00. The number of carbonyl (C=O) groups excluding carboxylic acids is 2. The number of aliphatic carboxylic acids is 1. The Morgan fingerprint density at radius 1 is 0.767 bits per heavy atom. The Kier molecular flexibility index (Phi) is 7.40. The van der Waals surface area contributed by atoms with E-state index in [1.54, 1.807) is 24.3 Å². The third-order valence-corrected chi connectivity index (χ3v) is 5.51. The fourth-order valence-corrected chi connectivity index (χ4v) is 3.96. The Bertz CT molecular complexity index is 950. The van der Waals surface area contributed by atoms with Crippen molar-refractivity contribution in [1.82, 2.24) is 0 Å². The summed E-state index contributed by atoms with van der Waals surface area (Å²) >= 11 is 1.04. The third-order valence-electron chi connectivity index (χ3n) is 4.30. The first-order valence-electron chi connectivity index (χ1n) is 9.33. The molecule has 0 heterocycles. The maximum atomic E-state index is 12.8. The molecule has 0 saturated heterocycles. The van der Waals surface area contributed by atoms with Crippen molar-refractivity contribution in [3.05, 3.63) is 102 Å². The van der Waals surface area contributed by atoms with E-state index in [9.17, 15) is 19.5 Å². The molecule has 0 radical (unpaired) electrons. The molecule has 0 aliphatic carbocycles. The predicted molar refractivity (Wildman–Crippen MR) is 114 cm³/mol. The van der Waals surface area contributed by atoms with E-state index in [0.717, 1.165) is 22.9 Å². The first-order valence-corrected chi connectivity index (χ1v) is 10.2. The number of hydrogen-bond donors (Lipinski definition) is 1. The molecule has 3 rings (SSSR count). The quantitative estimate of drug-likeness (QED) is 0.311. The molecule has 0 bridgehead atoms. The lowest BCUT2D eigenvalue weighted by Gasteiger charge is -2.20. The molecule has 1 N–H and O–H groups in total. The average molecular weight is 420 g/mol. The highest BCUT2D eigenvalue weighted by Gasteiger charge is 2.32. The van der Waals surface area contributed by atoms with Crippen LogP contribution in [0.1, 0.15) is 23.7 Å². The summed E-state index contributed by atoms with van der Waals surface area (Å²) in [4.78, 5) is 37.5. The van der Waals surface area contributed by atoms with Crippen LogP contribution in [0.2, 0.25) is 0 Å². The first-order chi connectivity index (χ1) is 14.5. The van der Waals surface area contributed by atoms with Crippen LogP contribution in [-0.4, -0.2) is 28.1 Å². The molecule has 30 heavy (non-hydrogen) atoms. The number of esters is 1. The molecule has 1 unspecified atom stereocenters. The second-order valence-corrected chi connectivity index (χ2v) is 7.76. The number of hydrogen-bond acceptors (Lipinski definition) is 5. The summed E-state index contributed by atoms with van der Waals surface area (Å²) < 4.78 is 5.59. The lowest BCUT2D eigenvalue weighted by atomic mass is 10.0.